The first-order valence-electron chi connectivity index (χ1n) is 11.4. The second kappa shape index (κ2) is 12.8. The number of methoxy groups -OCH3 is 2. The van der Waals surface area contributed by atoms with Crippen molar-refractivity contribution in [3.63, 3.8) is 0 Å². The van der Waals surface area contributed by atoms with Crippen LogP contribution in [0.4, 0.5) is 5.69 Å². The lowest BCUT2D eigenvalue weighted by atomic mass is 10.1. The Morgan fingerprint density at radius 3 is 2.14 bits per heavy atom. The van der Waals surface area contributed by atoms with Gasteiger partial charge in [0.1, 0.15) is 12.6 Å². The molecule has 11 heteroatoms. The molecule has 0 aliphatic rings. The third kappa shape index (κ3) is 8.03. The number of nitrogens with one attached hydrogen (secondary N) is 1. The van der Waals surface area contributed by atoms with E-state index in [-0.39, 0.29) is 24.1 Å². The van der Waals surface area contributed by atoms with Gasteiger partial charge in [-0.15, -0.1) is 0 Å². The molecule has 0 aromatic heterocycles. The Morgan fingerprint density at radius 2 is 1.61 bits per heavy atom. The fraction of sp³-hybridized carbons (Fsp3) is 0.440. The largest absolute Gasteiger partial charge is 0.493 e. The summed E-state index contributed by atoms with van der Waals surface area (Å²) in [6.07, 6.45) is 1.01. The predicted octanol–water partition coefficient (Wildman–Crippen LogP) is 3.31. The molecule has 2 amide bonds. The molecule has 2 aromatic carbocycles. The molecule has 198 valence electrons. The Balaban J connectivity index is 2.41. The number of sulfonamides is 1. The molecule has 2 rings (SSSR count). The number of ether oxygens (including phenoxy) is 2. The summed E-state index contributed by atoms with van der Waals surface area (Å²) in [5.74, 6) is 0.0872. The number of carbonyl (C=O) groups excluding carboxylic acids is 2. The van der Waals surface area contributed by atoms with E-state index in [4.69, 9.17) is 21.1 Å². The zero-order chi connectivity index (χ0) is 27.0. The number of carbonyl (C=O) groups is 2. The third-order valence-electron chi connectivity index (χ3n) is 5.45. The van der Waals surface area contributed by atoms with Gasteiger partial charge in [0.15, 0.2) is 11.5 Å². The molecule has 2 aromatic rings. The summed E-state index contributed by atoms with van der Waals surface area (Å²) in [6.45, 7) is 5.58. The van der Waals surface area contributed by atoms with E-state index in [1.54, 1.807) is 37.3 Å². The van der Waals surface area contributed by atoms with Crippen LogP contribution in [0, 0.1) is 5.92 Å². The highest BCUT2D eigenvalue weighted by atomic mass is 35.5. The molecule has 0 aliphatic heterocycles. The maximum atomic E-state index is 13.6. The molecule has 0 aliphatic carbocycles. The van der Waals surface area contributed by atoms with Gasteiger partial charge < -0.3 is 19.7 Å². The SMILES string of the molecule is COc1ccc(N(CC(=O)N(Cc2ccc(Cl)cc2)C(C)C(=O)NCC(C)C)S(C)(=O)=O)cc1OC. The Labute approximate surface area is 218 Å². The lowest BCUT2D eigenvalue weighted by molar-refractivity contribution is -0.139. The highest BCUT2D eigenvalue weighted by Gasteiger charge is 2.30. The second-order valence-corrected chi connectivity index (χ2v) is 11.1. The van der Waals surface area contributed by atoms with Crippen LogP contribution in [0.15, 0.2) is 42.5 Å². The van der Waals surface area contributed by atoms with Crippen LogP contribution in [0.1, 0.15) is 26.3 Å². The Bertz CT molecular complexity index is 1150. The van der Waals surface area contributed by atoms with Gasteiger partial charge in [-0.3, -0.25) is 13.9 Å². The number of benzene rings is 2. The molecular formula is C25H34ClN3O6S. The average Bonchev–Trinajstić information content (AvgIpc) is 2.83. The quantitative estimate of drug-likeness (QED) is 0.443. The zero-order valence-corrected chi connectivity index (χ0v) is 23.0. The molecule has 0 bridgehead atoms. The first kappa shape index (κ1) is 29.3. The van der Waals surface area contributed by atoms with Gasteiger partial charge in [0, 0.05) is 24.2 Å². The smallest absolute Gasteiger partial charge is 0.244 e. The topological polar surface area (TPSA) is 105 Å². The summed E-state index contributed by atoms with van der Waals surface area (Å²) in [5.41, 5.74) is 0.972. The normalized spacial score (nSPS) is 12.1. The number of nitrogens with zero attached hydrogens (tertiary/aromatic N) is 2. The van der Waals surface area contributed by atoms with Gasteiger partial charge in [0.2, 0.25) is 21.8 Å². The highest BCUT2D eigenvalue weighted by molar-refractivity contribution is 7.92. The monoisotopic (exact) mass is 539 g/mol. The van der Waals surface area contributed by atoms with Gasteiger partial charge in [-0.2, -0.15) is 0 Å². The molecule has 1 atom stereocenters. The molecule has 0 saturated heterocycles. The summed E-state index contributed by atoms with van der Waals surface area (Å²) in [6, 6.07) is 10.6. The van der Waals surface area contributed by atoms with Crippen LogP contribution in [-0.2, 0) is 26.2 Å². The van der Waals surface area contributed by atoms with Crippen LogP contribution in [0.2, 0.25) is 5.02 Å². The van der Waals surface area contributed by atoms with E-state index >= 15 is 0 Å². The summed E-state index contributed by atoms with van der Waals surface area (Å²) >= 11 is 5.99. The Kier molecular flexibility index (Phi) is 10.4. The number of halogens is 1. The number of amides is 2. The second-order valence-electron chi connectivity index (χ2n) is 8.77. The van der Waals surface area contributed by atoms with Crippen LogP contribution >= 0.6 is 11.6 Å². The minimum atomic E-state index is -3.87. The Hall–Kier alpha value is -2.98. The summed E-state index contributed by atoms with van der Waals surface area (Å²) < 4.78 is 36.9. The van der Waals surface area contributed by atoms with E-state index in [9.17, 15) is 18.0 Å². The van der Waals surface area contributed by atoms with Gasteiger partial charge in [-0.1, -0.05) is 37.6 Å². The van der Waals surface area contributed by atoms with E-state index in [0.29, 0.717) is 23.1 Å². The molecule has 1 N–H and O–H groups in total. The molecule has 0 heterocycles. The molecule has 1 unspecified atom stereocenters. The minimum absolute atomic E-state index is 0.0931. The van der Waals surface area contributed by atoms with Crippen molar-refractivity contribution in [3.05, 3.63) is 53.1 Å². The summed E-state index contributed by atoms with van der Waals surface area (Å²) in [7, 11) is -0.964. The fourth-order valence-electron chi connectivity index (χ4n) is 3.42. The van der Waals surface area contributed by atoms with E-state index < -0.39 is 28.5 Å². The van der Waals surface area contributed by atoms with Gasteiger partial charge in [0.25, 0.3) is 0 Å². The minimum Gasteiger partial charge on any atom is -0.493 e. The van der Waals surface area contributed by atoms with Gasteiger partial charge >= 0.3 is 0 Å². The first-order chi connectivity index (χ1) is 16.9. The maximum Gasteiger partial charge on any atom is 0.244 e. The van der Waals surface area contributed by atoms with Crippen molar-refractivity contribution in [3.8, 4) is 11.5 Å². The third-order valence-corrected chi connectivity index (χ3v) is 6.84. The van der Waals surface area contributed by atoms with E-state index in [2.05, 4.69) is 5.32 Å². The molecular weight excluding hydrogens is 506 g/mol. The van der Waals surface area contributed by atoms with E-state index in [1.807, 2.05) is 13.8 Å². The van der Waals surface area contributed by atoms with Crippen molar-refractivity contribution >= 4 is 39.1 Å². The number of hydrogen-bond donors (Lipinski definition) is 1. The van der Waals surface area contributed by atoms with Crippen LogP contribution < -0.4 is 19.1 Å². The van der Waals surface area contributed by atoms with Crippen molar-refractivity contribution in [2.45, 2.75) is 33.4 Å². The van der Waals surface area contributed by atoms with E-state index in [1.165, 1.54) is 31.3 Å². The predicted molar refractivity (Wildman–Crippen MR) is 141 cm³/mol. The highest BCUT2D eigenvalue weighted by Crippen LogP contribution is 2.32. The molecule has 0 spiro atoms. The zero-order valence-electron chi connectivity index (χ0n) is 21.4. The summed E-state index contributed by atoms with van der Waals surface area (Å²) in [4.78, 5) is 27.8. The van der Waals surface area contributed by atoms with Crippen LogP contribution in [0.25, 0.3) is 0 Å². The van der Waals surface area contributed by atoms with Crippen molar-refractivity contribution in [1.29, 1.82) is 0 Å². The van der Waals surface area contributed by atoms with Crippen molar-refractivity contribution in [1.82, 2.24) is 10.2 Å². The lowest BCUT2D eigenvalue weighted by Gasteiger charge is -2.31. The maximum absolute atomic E-state index is 13.6. The number of hydrogen-bond acceptors (Lipinski definition) is 6. The Morgan fingerprint density at radius 1 is 1.00 bits per heavy atom. The lowest BCUT2D eigenvalue weighted by Crippen LogP contribution is -2.51. The number of anilines is 1. The average molecular weight is 540 g/mol. The van der Waals surface area contributed by atoms with E-state index in [0.717, 1.165) is 16.1 Å². The molecule has 0 fully saturated rings. The first-order valence-corrected chi connectivity index (χ1v) is 13.6. The van der Waals surface area contributed by atoms with Gasteiger partial charge in [-0.05, 0) is 42.7 Å². The van der Waals surface area contributed by atoms with Crippen LogP contribution in [0.5, 0.6) is 11.5 Å². The van der Waals surface area contributed by atoms with Crippen molar-refractivity contribution in [2.75, 3.05) is 37.9 Å². The number of rotatable bonds is 12. The van der Waals surface area contributed by atoms with Gasteiger partial charge in [-0.25, -0.2) is 8.42 Å². The van der Waals surface area contributed by atoms with Crippen molar-refractivity contribution in [2.24, 2.45) is 5.92 Å². The standard InChI is InChI=1S/C25H34ClN3O6S/c1-17(2)14-27-25(31)18(3)28(15-19-7-9-20(26)10-8-19)24(30)16-29(36(6,32)33)21-11-12-22(34-4)23(13-21)35-5/h7-13,17-18H,14-16H2,1-6H3,(H,27,31). The van der Waals surface area contributed by atoms with Gasteiger partial charge in [0.05, 0.1) is 26.2 Å². The van der Waals surface area contributed by atoms with Crippen LogP contribution in [0.3, 0.4) is 0 Å². The molecule has 0 saturated carbocycles. The van der Waals surface area contributed by atoms with Crippen LogP contribution in [-0.4, -0.2) is 64.7 Å². The molecule has 9 nitrogen and oxygen atoms in total. The molecule has 36 heavy (non-hydrogen) atoms. The fourth-order valence-corrected chi connectivity index (χ4v) is 4.38. The molecule has 0 radical (unpaired) electrons. The summed E-state index contributed by atoms with van der Waals surface area (Å²) in [5, 5.41) is 3.38. The van der Waals surface area contributed by atoms with Crippen molar-refractivity contribution < 1.29 is 27.5 Å².